The third-order valence-corrected chi connectivity index (χ3v) is 10.3. The molecule has 0 nitrogen and oxygen atoms in total. The van der Waals surface area contributed by atoms with Crippen molar-refractivity contribution in [2.75, 3.05) is 0 Å². The molecule has 46 heavy (non-hydrogen) atoms. The molecule has 1 aliphatic rings. The molecule has 6 aromatic carbocycles. The molecule has 1 aliphatic carbocycles. The van der Waals surface area contributed by atoms with Crippen LogP contribution >= 0.6 is 0 Å². The highest BCUT2D eigenvalue weighted by Gasteiger charge is 2.27. The Kier molecular flexibility index (Phi) is 9.97. The molecule has 0 heteroatoms. The molecule has 0 bridgehead atoms. The van der Waals surface area contributed by atoms with Crippen LogP contribution < -0.4 is 0 Å². The summed E-state index contributed by atoms with van der Waals surface area (Å²) in [4.78, 5) is 0. The molecule has 0 aromatic heterocycles. The van der Waals surface area contributed by atoms with Crippen molar-refractivity contribution >= 4 is 37.9 Å². The van der Waals surface area contributed by atoms with Gasteiger partial charge in [-0.25, -0.2) is 0 Å². The summed E-state index contributed by atoms with van der Waals surface area (Å²) < 4.78 is 0. The van der Waals surface area contributed by atoms with Gasteiger partial charge in [-0.2, -0.15) is 0 Å². The molecule has 0 heterocycles. The van der Waals surface area contributed by atoms with Gasteiger partial charge in [-0.05, 0) is 116 Å². The number of benzene rings is 6. The summed E-state index contributed by atoms with van der Waals surface area (Å²) in [6.45, 7) is 22.0. The van der Waals surface area contributed by atoms with Gasteiger partial charge < -0.3 is 0 Å². The molecule has 0 N–H and O–H groups in total. The zero-order valence-corrected chi connectivity index (χ0v) is 29.5. The molecule has 0 saturated heterocycles. The van der Waals surface area contributed by atoms with Crippen molar-refractivity contribution in [3.63, 3.8) is 0 Å². The van der Waals surface area contributed by atoms with Crippen LogP contribution in [0.5, 0.6) is 0 Å². The average Bonchev–Trinajstić information content (AvgIpc) is 3.11. The number of aryl methyl sites for hydroxylation is 1. The Morgan fingerprint density at radius 1 is 0.435 bits per heavy atom. The summed E-state index contributed by atoms with van der Waals surface area (Å²) in [5.74, 6) is 1.14. The van der Waals surface area contributed by atoms with Crippen molar-refractivity contribution in [2.24, 2.45) is 11.8 Å². The van der Waals surface area contributed by atoms with E-state index in [0.29, 0.717) is 11.8 Å². The second-order valence-corrected chi connectivity index (χ2v) is 12.3. The summed E-state index contributed by atoms with van der Waals surface area (Å²) in [6.07, 6.45) is 0. The molecule has 0 radical (unpaired) electrons. The molecule has 0 saturated carbocycles. The van der Waals surface area contributed by atoms with E-state index in [1.54, 1.807) is 0 Å². The van der Waals surface area contributed by atoms with Gasteiger partial charge in [0.25, 0.3) is 0 Å². The van der Waals surface area contributed by atoms with Crippen LogP contribution in [0.1, 0.15) is 73.4 Å². The van der Waals surface area contributed by atoms with E-state index in [2.05, 4.69) is 151 Å². The molecule has 0 amide bonds. The lowest BCUT2D eigenvalue weighted by atomic mass is 9.72. The van der Waals surface area contributed by atoms with Crippen LogP contribution in [0.4, 0.5) is 0 Å². The summed E-state index contributed by atoms with van der Waals surface area (Å²) in [5, 5.41) is 7.76. The van der Waals surface area contributed by atoms with E-state index in [-0.39, 0.29) is 0 Å². The minimum absolute atomic E-state index is 0.553. The van der Waals surface area contributed by atoms with Crippen molar-refractivity contribution in [2.45, 2.75) is 69.2 Å². The Morgan fingerprint density at radius 3 is 1.48 bits per heavy atom. The summed E-state index contributed by atoms with van der Waals surface area (Å²) in [7, 11) is 0. The molecule has 2 atom stereocenters. The van der Waals surface area contributed by atoms with Crippen molar-refractivity contribution < 1.29 is 0 Å². The SMILES string of the molecule is CC.CC.CC1=C(C)C(C)C(C)C(C)=C1c1ccc(-c2c3ccccc3c(-c3cccc4ccccc34)c3ccccc23)cc1C. The Hall–Kier alpha value is -4.42. The van der Waals surface area contributed by atoms with E-state index in [9.17, 15) is 0 Å². The highest BCUT2D eigenvalue weighted by atomic mass is 14.3. The lowest BCUT2D eigenvalue weighted by Gasteiger charge is -2.33. The number of rotatable bonds is 3. The van der Waals surface area contributed by atoms with Gasteiger partial charge in [0.05, 0.1) is 0 Å². The van der Waals surface area contributed by atoms with Gasteiger partial charge >= 0.3 is 0 Å². The van der Waals surface area contributed by atoms with Gasteiger partial charge in [-0.3, -0.25) is 0 Å². The van der Waals surface area contributed by atoms with Gasteiger partial charge in [0, 0.05) is 0 Å². The number of hydrogen-bond acceptors (Lipinski definition) is 0. The molecule has 0 aliphatic heterocycles. The van der Waals surface area contributed by atoms with Gasteiger partial charge in [-0.1, -0.05) is 162 Å². The first-order chi connectivity index (χ1) is 22.4. The molecule has 0 spiro atoms. The molecule has 2 unspecified atom stereocenters. The van der Waals surface area contributed by atoms with Crippen LogP contribution in [0.3, 0.4) is 0 Å². The predicted octanol–water partition coefficient (Wildman–Crippen LogP) is 14.2. The predicted molar refractivity (Wildman–Crippen MR) is 207 cm³/mol. The van der Waals surface area contributed by atoms with E-state index < -0.39 is 0 Å². The van der Waals surface area contributed by atoms with Crippen molar-refractivity contribution in [1.82, 2.24) is 0 Å². The van der Waals surface area contributed by atoms with E-state index in [1.165, 1.54) is 88.0 Å². The largest absolute Gasteiger partial charge is 0.0683 e. The summed E-state index contributed by atoms with van der Waals surface area (Å²) >= 11 is 0. The maximum Gasteiger partial charge on any atom is -0.00201 e. The van der Waals surface area contributed by atoms with Gasteiger partial charge in [-0.15, -0.1) is 0 Å². The first kappa shape index (κ1) is 33.0. The number of fused-ring (bicyclic) bond motifs is 3. The molecule has 234 valence electrons. The van der Waals surface area contributed by atoms with E-state index in [0.717, 1.165) is 0 Å². The third-order valence-electron chi connectivity index (χ3n) is 10.3. The number of hydrogen-bond donors (Lipinski definition) is 0. The maximum absolute atomic E-state index is 2.42. The normalized spacial score (nSPS) is 16.3. The van der Waals surface area contributed by atoms with Crippen LogP contribution in [0.2, 0.25) is 0 Å². The summed E-state index contributed by atoms with van der Waals surface area (Å²) in [5.41, 5.74) is 13.8. The fourth-order valence-corrected chi connectivity index (χ4v) is 7.50. The highest BCUT2D eigenvalue weighted by Crippen LogP contribution is 2.47. The van der Waals surface area contributed by atoms with E-state index in [1.807, 2.05) is 27.7 Å². The molecule has 0 fully saturated rings. The smallest absolute Gasteiger partial charge is 0.00201 e. The van der Waals surface area contributed by atoms with Crippen LogP contribution in [0, 0.1) is 18.8 Å². The van der Waals surface area contributed by atoms with Crippen LogP contribution in [-0.4, -0.2) is 0 Å². The molecular formula is C46H50. The standard InChI is InChI=1S/C42H38.2C2H6/c1-25-24-32(22-23-33(25)40-29(5)27(3)26(2)28(4)30(40)6)41-36-17-9-11-19-38(36)42(39-20-12-10-18-37(39)41)35-21-13-15-31-14-7-8-16-34(31)35;2*1-2/h7-24,26-27H,1-6H3;2*1-2H3. The zero-order chi connectivity index (χ0) is 33.1. The fraction of sp³-hybridized carbons (Fsp3) is 0.261. The average molecular weight is 603 g/mol. The highest BCUT2D eigenvalue weighted by molar-refractivity contribution is 6.23. The zero-order valence-electron chi connectivity index (χ0n) is 29.5. The summed E-state index contributed by atoms with van der Waals surface area (Å²) in [6, 6.07) is 40.6. The van der Waals surface area contributed by atoms with E-state index >= 15 is 0 Å². The molecular weight excluding hydrogens is 553 g/mol. The minimum Gasteiger partial charge on any atom is -0.0683 e. The lowest BCUT2D eigenvalue weighted by Crippen LogP contribution is -2.18. The van der Waals surface area contributed by atoms with Gasteiger partial charge in [0.15, 0.2) is 0 Å². The van der Waals surface area contributed by atoms with E-state index in [4.69, 9.17) is 0 Å². The van der Waals surface area contributed by atoms with Crippen molar-refractivity contribution in [3.8, 4) is 22.3 Å². The topological polar surface area (TPSA) is 0 Å². The number of allylic oxidation sites excluding steroid dienone is 4. The van der Waals surface area contributed by atoms with Crippen molar-refractivity contribution in [3.05, 3.63) is 137 Å². The monoisotopic (exact) mass is 602 g/mol. The second-order valence-electron chi connectivity index (χ2n) is 12.3. The third kappa shape index (κ3) is 5.49. The van der Waals surface area contributed by atoms with Crippen LogP contribution in [-0.2, 0) is 0 Å². The lowest BCUT2D eigenvalue weighted by molar-refractivity contribution is 0.494. The second kappa shape index (κ2) is 13.9. The Balaban J connectivity index is 0.00000100. The van der Waals surface area contributed by atoms with Crippen LogP contribution in [0.25, 0.3) is 60.1 Å². The quantitative estimate of drug-likeness (QED) is 0.177. The first-order valence-electron chi connectivity index (χ1n) is 17.3. The first-order valence-corrected chi connectivity index (χ1v) is 17.3. The van der Waals surface area contributed by atoms with Crippen LogP contribution in [0.15, 0.2) is 126 Å². The fourth-order valence-electron chi connectivity index (χ4n) is 7.50. The Morgan fingerprint density at radius 2 is 0.913 bits per heavy atom. The maximum atomic E-state index is 2.42. The molecule has 6 aromatic rings. The minimum atomic E-state index is 0.553. The van der Waals surface area contributed by atoms with Crippen molar-refractivity contribution in [1.29, 1.82) is 0 Å². The molecule has 7 rings (SSSR count). The Labute approximate surface area is 277 Å². The van der Waals surface area contributed by atoms with Gasteiger partial charge in [0.1, 0.15) is 0 Å². The van der Waals surface area contributed by atoms with Gasteiger partial charge in [0.2, 0.25) is 0 Å². The Bertz CT molecular complexity index is 2040.